The van der Waals surface area contributed by atoms with E-state index in [1.54, 1.807) is 0 Å². The first-order chi connectivity index (χ1) is 8.70. The molecule has 2 rings (SSSR count). The van der Waals surface area contributed by atoms with Crippen LogP contribution in [0, 0.1) is 11.8 Å². The van der Waals surface area contributed by atoms with Crippen molar-refractivity contribution in [2.75, 3.05) is 6.61 Å². The molecule has 0 aromatic heterocycles. The van der Waals surface area contributed by atoms with Crippen molar-refractivity contribution in [3.8, 4) is 0 Å². The van der Waals surface area contributed by atoms with E-state index in [1.807, 2.05) is 0 Å². The number of epoxide rings is 1. The van der Waals surface area contributed by atoms with Crippen LogP contribution in [-0.2, 0) is 14.3 Å². The van der Waals surface area contributed by atoms with Crippen molar-refractivity contribution < 1.29 is 14.3 Å². The Morgan fingerprint density at radius 1 is 1.28 bits per heavy atom. The van der Waals surface area contributed by atoms with Gasteiger partial charge < -0.3 is 9.47 Å². The summed E-state index contributed by atoms with van der Waals surface area (Å²) in [5, 5.41) is 0. The van der Waals surface area contributed by atoms with E-state index in [0.29, 0.717) is 37.1 Å². The topological polar surface area (TPSA) is 38.8 Å². The Kier molecular flexibility index (Phi) is 5.04. The highest BCUT2D eigenvalue weighted by Crippen LogP contribution is 2.43. The predicted octanol–water partition coefficient (Wildman–Crippen LogP) is 3.31. The summed E-state index contributed by atoms with van der Waals surface area (Å²) >= 11 is 0. The number of rotatable bonds is 7. The van der Waals surface area contributed by atoms with Gasteiger partial charge in [-0.2, -0.15) is 0 Å². The molecular weight excluding hydrogens is 228 g/mol. The Bertz CT molecular complexity index is 277. The summed E-state index contributed by atoms with van der Waals surface area (Å²) in [7, 11) is 0. The maximum absolute atomic E-state index is 11.6. The number of esters is 1. The molecule has 2 fully saturated rings. The van der Waals surface area contributed by atoms with E-state index in [-0.39, 0.29) is 5.97 Å². The van der Waals surface area contributed by atoms with E-state index >= 15 is 0 Å². The summed E-state index contributed by atoms with van der Waals surface area (Å²) in [6, 6.07) is 0. The maximum Gasteiger partial charge on any atom is 0.305 e. The molecule has 1 heterocycles. The minimum atomic E-state index is -0.0161. The zero-order chi connectivity index (χ0) is 13.0. The summed E-state index contributed by atoms with van der Waals surface area (Å²) in [4.78, 5) is 11.6. The molecule has 4 unspecified atom stereocenters. The van der Waals surface area contributed by atoms with E-state index in [4.69, 9.17) is 9.47 Å². The Balaban J connectivity index is 1.55. The van der Waals surface area contributed by atoms with Crippen LogP contribution in [0.2, 0.25) is 0 Å². The second kappa shape index (κ2) is 6.55. The lowest BCUT2D eigenvalue weighted by atomic mass is 9.83. The fraction of sp³-hybridized carbons (Fsp3) is 0.933. The molecule has 0 spiro atoms. The highest BCUT2D eigenvalue weighted by Gasteiger charge is 2.48. The second-order valence-corrected chi connectivity index (χ2v) is 5.95. The minimum Gasteiger partial charge on any atom is -0.465 e. The van der Waals surface area contributed by atoms with Crippen LogP contribution in [0.15, 0.2) is 0 Å². The van der Waals surface area contributed by atoms with E-state index < -0.39 is 0 Å². The summed E-state index contributed by atoms with van der Waals surface area (Å²) in [5.74, 6) is 1.14. The summed E-state index contributed by atoms with van der Waals surface area (Å²) < 4.78 is 11.0. The van der Waals surface area contributed by atoms with Crippen molar-refractivity contribution in [2.45, 2.75) is 71.0 Å². The van der Waals surface area contributed by atoms with Crippen molar-refractivity contribution in [1.29, 1.82) is 0 Å². The molecule has 0 aromatic carbocycles. The van der Waals surface area contributed by atoms with Crippen molar-refractivity contribution in [1.82, 2.24) is 0 Å². The third-order valence-corrected chi connectivity index (χ3v) is 4.17. The Morgan fingerprint density at radius 3 is 2.83 bits per heavy atom. The number of ether oxygens (including phenoxy) is 2. The summed E-state index contributed by atoms with van der Waals surface area (Å²) in [6.45, 7) is 5.02. The van der Waals surface area contributed by atoms with E-state index in [9.17, 15) is 4.79 Å². The Morgan fingerprint density at radius 2 is 2.11 bits per heavy atom. The molecule has 104 valence electrons. The lowest BCUT2D eigenvalue weighted by Crippen LogP contribution is -2.25. The van der Waals surface area contributed by atoms with Gasteiger partial charge in [0.25, 0.3) is 0 Å². The predicted molar refractivity (Wildman–Crippen MR) is 70.3 cm³/mol. The molecule has 3 nitrogen and oxygen atoms in total. The highest BCUT2D eigenvalue weighted by atomic mass is 16.6. The van der Waals surface area contributed by atoms with Crippen molar-refractivity contribution >= 4 is 5.97 Å². The van der Waals surface area contributed by atoms with Crippen LogP contribution in [0.25, 0.3) is 0 Å². The molecule has 1 aliphatic heterocycles. The third kappa shape index (κ3) is 3.98. The molecular formula is C15H26O3. The van der Waals surface area contributed by atoms with E-state index in [2.05, 4.69) is 13.8 Å². The van der Waals surface area contributed by atoms with Gasteiger partial charge >= 0.3 is 5.97 Å². The van der Waals surface area contributed by atoms with Crippen LogP contribution < -0.4 is 0 Å². The van der Waals surface area contributed by atoms with Gasteiger partial charge in [-0.3, -0.25) is 4.79 Å². The third-order valence-electron chi connectivity index (χ3n) is 4.17. The zero-order valence-corrected chi connectivity index (χ0v) is 11.7. The monoisotopic (exact) mass is 254 g/mol. The SMILES string of the molecule is CCCCCCC(=O)OCC1CC(C)C2OC2C1. The highest BCUT2D eigenvalue weighted by molar-refractivity contribution is 5.69. The van der Waals surface area contributed by atoms with Crippen molar-refractivity contribution in [3.05, 3.63) is 0 Å². The van der Waals surface area contributed by atoms with Gasteiger partial charge in [-0.1, -0.05) is 33.1 Å². The van der Waals surface area contributed by atoms with Gasteiger partial charge in [0.15, 0.2) is 0 Å². The molecule has 0 N–H and O–H groups in total. The van der Waals surface area contributed by atoms with Gasteiger partial charge in [-0.15, -0.1) is 0 Å². The molecule has 0 bridgehead atoms. The van der Waals surface area contributed by atoms with Crippen LogP contribution in [0.4, 0.5) is 0 Å². The van der Waals surface area contributed by atoms with Gasteiger partial charge in [0.05, 0.1) is 18.8 Å². The first kappa shape index (κ1) is 13.9. The molecule has 1 saturated heterocycles. The number of hydrogen-bond acceptors (Lipinski definition) is 3. The molecule has 3 heteroatoms. The smallest absolute Gasteiger partial charge is 0.305 e. The number of unbranched alkanes of at least 4 members (excludes halogenated alkanes) is 3. The van der Waals surface area contributed by atoms with Crippen LogP contribution in [-0.4, -0.2) is 24.8 Å². The van der Waals surface area contributed by atoms with Crippen LogP contribution in [0.1, 0.15) is 58.8 Å². The summed E-state index contributed by atoms with van der Waals surface area (Å²) in [5.41, 5.74) is 0. The lowest BCUT2D eigenvalue weighted by molar-refractivity contribution is -0.145. The molecule has 1 saturated carbocycles. The molecule has 2 aliphatic rings. The molecule has 0 amide bonds. The van der Waals surface area contributed by atoms with Gasteiger partial charge in [0, 0.05) is 6.42 Å². The van der Waals surface area contributed by atoms with Crippen molar-refractivity contribution in [3.63, 3.8) is 0 Å². The number of hydrogen-bond donors (Lipinski definition) is 0. The van der Waals surface area contributed by atoms with E-state index in [1.165, 1.54) is 12.8 Å². The number of carbonyl (C=O) groups is 1. The standard InChI is InChI=1S/C15H26O3/c1-3-4-5-6-7-14(16)17-10-12-8-11(2)15-13(9-12)18-15/h11-13,15H,3-10H2,1-2H3. The molecule has 0 aromatic rings. The maximum atomic E-state index is 11.6. The average molecular weight is 254 g/mol. The average Bonchev–Trinajstić information content (AvgIpc) is 3.12. The second-order valence-electron chi connectivity index (χ2n) is 5.95. The van der Waals surface area contributed by atoms with E-state index in [0.717, 1.165) is 25.7 Å². The number of carbonyl (C=O) groups excluding carboxylic acids is 1. The Hall–Kier alpha value is -0.570. The van der Waals surface area contributed by atoms with Gasteiger partial charge in [0.1, 0.15) is 0 Å². The van der Waals surface area contributed by atoms with Gasteiger partial charge in [-0.05, 0) is 31.1 Å². The fourth-order valence-electron chi connectivity index (χ4n) is 3.05. The van der Waals surface area contributed by atoms with Gasteiger partial charge in [0.2, 0.25) is 0 Å². The Labute approximate surface area is 110 Å². The normalized spacial score (nSPS) is 33.9. The first-order valence-corrected chi connectivity index (χ1v) is 7.51. The minimum absolute atomic E-state index is 0.0161. The van der Waals surface area contributed by atoms with Crippen LogP contribution in [0.5, 0.6) is 0 Å². The zero-order valence-electron chi connectivity index (χ0n) is 11.7. The molecule has 0 radical (unpaired) electrons. The quantitative estimate of drug-likeness (QED) is 0.397. The van der Waals surface area contributed by atoms with Crippen molar-refractivity contribution in [2.24, 2.45) is 11.8 Å². The largest absolute Gasteiger partial charge is 0.465 e. The number of fused-ring (bicyclic) bond motifs is 1. The summed E-state index contributed by atoms with van der Waals surface area (Å²) in [6.07, 6.45) is 8.32. The first-order valence-electron chi connectivity index (χ1n) is 7.51. The van der Waals surface area contributed by atoms with Gasteiger partial charge in [-0.25, -0.2) is 0 Å². The molecule has 18 heavy (non-hydrogen) atoms. The molecule has 4 atom stereocenters. The fourth-order valence-corrected chi connectivity index (χ4v) is 3.05. The van der Waals surface area contributed by atoms with Crippen LogP contribution >= 0.6 is 0 Å². The lowest BCUT2D eigenvalue weighted by Gasteiger charge is -2.23. The molecule has 1 aliphatic carbocycles. The van der Waals surface area contributed by atoms with Crippen LogP contribution in [0.3, 0.4) is 0 Å².